The van der Waals surface area contributed by atoms with Gasteiger partial charge in [-0.1, -0.05) is 224 Å². The van der Waals surface area contributed by atoms with Crippen LogP contribution in [0.3, 0.4) is 0 Å². The SMILES string of the molecule is c1ccc(-c2ccc(N(c3cccc(C4(c5ccccc5)c5ccccc5-c5ccccc54)c3)c3cccc(C4(c5ccccc5)c5ccccc5-c5ccccc54)c3)cc2)cc1. The summed E-state index contributed by atoms with van der Waals surface area (Å²) in [4.78, 5) is 2.46. The Morgan fingerprint density at radius 1 is 0.222 bits per heavy atom. The van der Waals surface area contributed by atoms with Crippen LogP contribution in [0, 0.1) is 0 Å². The van der Waals surface area contributed by atoms with E-state index < -0.39 is 10.8 Å². The van der Waals surface area contributed by atoms with Crippen molar-refractivity contribution in [2.75, 3.05) is 4.90 Å². The highest BCUT2D eigenvalue weighted by Gasteiger charge is 2.47. The Balaban J connectivity index is 1.10. The molecule has 0 amide bonds. The van der Waals surface area contributed by atoms with Gasteiger partial charge in [0, 0.05) is 17.1 Å². The fourth-order valence-corrected chi connectivity index (χ4v) is 11.1. The van der Waals surface area contributed by atoms with Crippen LogP contribution in [0.2, 0.25) is 0 Å². The van der Waals surface area contributed by atoms with Crippen LogP contribution in [0.4, 0.5) is 17.1 Å². The minimum atomic E-state index is -0.524. The lowest BCUT2D eigenvalue weighted by molar-refractivity contribution is 0.767. The van der Waals surface area contributed by atoms with Gasteiger partial charge in [0.1, 0.15) is 0 Å². The first kappa shape index (κ1) is 36.8. The third-order valence-corrected chi connectivity index (χ3v) is 13.6. The van der Waals surface area contributed by atoms with Crippen molar-refractivity contribution >= 4 is 17.1 Å². The summed E-state index contributed by atoms with van der Waals surface area (Å²) in [6, 6.07) is 96.4. The molecule has 0 spiro atoms. The van der Waals surface area contributed by atoms with Gasteiger partial charge in [-0.15, -0.1) is 0 Å². The van der Waals surface area contributed by atoms with Gasteiger partial charge in [-0.25, -0.2) is 0 Å². The molecule has 12 rings (SSSR count). The van der Waals surface area contributed by atoms with E-state index >= 15 is 0 Å². The predicted molar refractivity (Wildman–Crippen MR) is 261 cm³/mol. The molecule has 0 radical (unpaired) electrons. The summed E-state index contributed by atoms with van der Waals surface area (Å²) < 4.78 is 0. The molecule has 0 aliphatic heterocycles. The van der Waals surface area contributed by atoms with Crippen molar-refractivity contribution in [2.24, 2.45) is 0 Å². The van der Waals surface area contributed by atoms with E-state index in [9.17, 15) is 0 Å². The molecule has 2 aliphatic carbocycles. The summed E-state index contributed by atoms with van der Waals surface area (Å²) in [5.41, 5.74) is 19.9. The van der Waals surface area contributed by atoms with E-state index in [2.05, 4.69) is 266 Å². The molecule has 0 saturated carbocycles. The second-order valence-corrected chi connectivity index (χ2v) is 16.8. The number of fused-ring (bicyclic) bond motifs is 6. The molecule has 0 fully saturated rings. The van der Waals surface area contributed by atoms with Crippen LogP contribution >= 0.6 is 0 Å². The minimum absolute atomic E-state index is 0.524. The molecule has 0 heterocycles. The van der Waals surface area contributed by atoms with E-state index in [1.807, 2.05) is 0 Å². The van der Waals surface area contributed by atoms with Crippen LogP contribution in [-0.4, -0.2) is 0 Å². The monoisotopic (exact) mass is 801 g/mol. The Bertz CT molecular complexity index is 3000. The maximum absolute atomic E-state index is 2.46. The van der Waals surface area contributed by atoms with E-state index in [1.165, 1.54) is 77.9 Å². The summed E-state index contributed by atoms with van der Waals surface area (Å²) in [7, 11) is 0. The standard InChI is InChI=1S/C62H43N/c1-4-20-44(21-5-1)45-38-40-50(41-39-45)63(51-28-18-26-48(42-51)61(46-22-6-2-7-23-46)57-34-14-10-30-53(57)54-31-11-15-35-58(54)61)52-29-19-27-49(43-52)62(47-24-8-3-9-25-47)59-36-16-12-32-55(59)56-33-13-17-37-60(56)62/h1-43H. The maximum atomic E-state index is 2.46. The van der Waals surface area contributed by atoms with Crippen molar-refractivity contribution in [3.05, 3.63) is 305 Å². The Hall–Kier alpha value is -8.00. The normalized spacial score (nSPS) is 13.7. The Morgan fingerprint density at radius 3 is 0.937 bits per heavy atom. The zero-order valence-corrected chi connectivity index (χ0v) is 34.8. The molecule has 0 bridgehead atoms. The predicted octanol–water partition coefficient (Wildman–Crippen LogP) is 15.5. The third kappa shape index (κ3) is 5.56. The summed E-state index contributed by atoms with van der Waals surface area (Å²) in [5.74, 6) is 0. The van der Waals surface area contributed by atoms with Gasteiger partial charge >= 0.3 is 0 Å². The molecule has 0 saturated heterocycles. The van der Waals surface area contributed by atoms with Crippen LogP contribution in [-0.2, 0) is 10.8 Å². The van der Waals surface area contributed by atoms with E-state index in [-0.39, 0.29) is 0 Å². The second-order valence-electron chi connectivity index (χ2n) is 16.8. The smallest absolute Gasteiger partial charge is 0.0714 e. The van der Waals surface area contributed by atoms with E-state index in [0.29, 0.717) is 0 Å². The summed E-state index contributed by atoms with van der Waals surface area (Å²) in [5, 5.41) is 0. The Morgan fingerprint density at radius 2 is 0.540 bits per heavy atom. The maximum Gasteiger partial charge on any atom is 0.0714 e. The van der Waals surface area contributed by atoms with Gasteiger partial charge in [0.05, 0.1) is 10.8 Å². The lowest BCUT2D eigenvalue weighted by Crippen LogP contribution is -2.29. The first-order valence-electron chi connectivity index (χ1n) is 21.9. The molecule has 0 unspecified atom stereocenters. The first-order chi connectivity index (χ1) is 31.3. The summed E-state index contributed by atoms with van der Waals surface area (Å²) in [6.07, 6.45) is 0. The lowest BCUT2D eigenvalue weighted by atomic mass is 9.67. The van der Waals surface area contributed by atoms with E-state index in [1.54, 1.807) is 0 Å². The van der Waals surface area contributed by atoms with Crippen molar-refractivity contribution in [2.45, 2.75) is 10.8 Å². The summed E-state index contributed by atoms with van der Waals surface area (Å²) >= 11 is 0. The van der Waals surface area contributed by atoms with Crippen LogP contribution in [0.15, 0.2) is 261 Å². The molecule has 10 aromatic rings. The number of hydrogen-bond acceptors (Lipinski definition) is 1. The van der Waals surface area contributed by atoms with E-state index in [4.69, 9.17) is 0 Å². The molecule has 1 nitrogen and oxygen atoms in total. The Kier molecular flexibility index (Phi) is 8.69. The van der Waals surface area contributed by atoms with Crippen molar-refractivity contribution in [3.63, 3.8) is 0 Å². The molecule has 296 valence electrons. The fourth-order valence-electron chi connectivity index (χ4n) is 11.1. The van der Waals surface area contributed by atoms with Crippen LogP contribution in [0.25, 0.3) is 33.4 Å². The molecule has 1 heteroatoms. The first-order valence-corrected chi connectivity index (χ1v) is 21.9. The van der Waals surface area contributed by atoms with Gasteiger partial charge in [-0.2, -0.15) is 0 Å². The molecule has 63 heavy (non-hydrogen) atoms. The van der Waals surface area contributed by atoms with Gasteiger partial charge in [0.2, 0.25) is 0 Å². The number of nitrogens with zero attached hydrogens (tertiary/aromatic N) is 1. The average molecular weight is 802 g/mol. The molecule has 0 aromatic heterocycles. The molecular weight excluding hydrogens is 759 g/mol. The largest absolute Gasteiger partial charge is 0.310 e. The number of benzene rings is 10. The minimum Gasteiger partial charge on any atom is -0.310 e. The van der Waals surface area contributed by atoms with Crippen LogP contribution < -0.4 is 4.90 Å². The number of anilines is 3. The van der Waals surface area contributed by atoms with Gasteiger partial charge in [0.15, 0.2) is 0 Å². The molecule has 2 aliphatic rings. The zero-order chi connectivity index (χ0) is 41.8. The van der Waals surface area contributed by atoms with Crippen molar-refractivity contribution < 1.29 is 0 Å². The molecule has 10 aromatic carbocycles. The number of hydrogen-bond donors (Lipinski definition) is 0. The Labute approximate surface area is 369 Å². The van der Waals surface area contributed by atoms with Crippen molar-refractivity contribution in [3.8, 4) is 33.4 Å². The second kappa shape index (κ2) is 14.9. The van der Waals surface area contributed by atoms with Crippen LogP contribution in [0.5, 0.6) is 0 Å². The topological polar surface area (TPSA) is 3.24 Å². The number of rotatable bonds is 8. The summed E-state index contributed by atoms with van der Waals surface area (Å²) in [6.45, 7) is 0. The molecule has 0 atom stereocenters. The average Bonchev–Trinajstić information content (AvgIpc) is 3.84. The highest BCUT2D eigenvalue weighted by molar-refractivity contribution is 5.89. The highest BCUT2D eigenvalue weighted by Crippen LogP contribution is 2.58. The lowest BCUT2D eigenvalue weighted by Gasteiger charge is -2.36. The quantitative estimate of drug-likeness (QED) is 0.148. The fraction of sp³-hybridized carbons (Fsp3) is 0.0323. The van der Waals surface area contributed by atoms with Gasteiger partial charge < -0.3 is 4.90 Å². The van der Waals surface area contributed by atoms with Crippen molar-refractivity contribution in [1.82, 2.24) is 0 Å². The van der Waals surface area contributed by atoms with Crippen molar-refractivity contribution in [1.29, 1.82) is 0 Å². The van der Waals surface area contributed by atoms with Crippen LogP contribution in [0.1, 0.15) is 44.5 Å². The molecule has 0 N–H and O–H groups in total. The third-order valence-electron chi connectivity index (χ3n) is 13.6. The van der Waals surface area contributed by atoms with Gasteiger partial charge in [-0.05, 0) is 114 Å². The highest BCUT2D eigenvalue weighted by atomic mass is 15.1. The van der Waals surface area contributed by atoms with E-state index in [0.717, 1.165) is 17.1 Å². The van der Waals surface area contributed by atoms with Gasteiger partial charge in [0.25, 0.3) is 0 Å². The molecular formula is C62H43N. The van der Waals surface area contributed by atoms with Gasteiger partial charge in [-0.3, -0.25) is 0 Å². The zero-order valence-electron chi connectivity index (χ0n) is 34.8.